The summed E-state index contributed by atoms with van der Waals surface area (Å²) in [5.74, 6) is 0.535. The van der Waals surface area contributed by atoms with Crippen LogP contribution in [0.2, 0.25) is 0 Å². The van der Waals surface area contributed by atoms with Gasteiger partial charge in [-0.05, 0) is 31.5 Å². The van der Waals surface area contributed by atoms with Gasteiger partial charge >= 0.3 is 0 Å². The molecule has 1 heterocycles. The van der Waals surface area contributed by atoms with Gasteiger partial charge in [0.05, 0.1) is 17.2 Å². The van der Waals surface area contributed by atoms with Crippen LogP contribution in [0.5, 0.6) is 5.75 Å². The molecule has 1 aromatic heterocycles. The first-order valence-corrected chi connectivity index (χ1v) is 8.12. The molecule has 3 N–H and O–H groups in total. The van der Waals surface area contributed by atoms with Crippen molar-refractivity contribution in [2.75, 3.05) is 13.2 Å². The van der Waals surface area contributed by atoms with E-state index in [-0.39, 0.29) is 5.91 Å². The summed E-state index contributed by atoms with van der Waals surface area (Å²) in [6.45, 7) is 5.43. The number of carbonyl (C=O) groups excluding carboxylic acids is 1. The van der Waals surface area contributed by atoms with Crippen molar-refractivity contribution in [1.82, 2.24) is 10.3 Å². The van der Waals surface area contributed by atoms with Gasteiger partial charge in [-0.2, -0.15) is 0 Å². The number of nitrogens with zero attached hydrogens (tertiary/aromatic N) is 1. The molecule has 6 heteroatoms. The Labute approximate surface area is 134 Å². The minimum atomic E-state index is -0.119. The maximum atomic E-state index is 12.2. The summed E-state index contributed by atoms with van der Waals surface area (Å²) < 4.78 is 5.44. The maximum absolute atomic E-state index is 12.2. The number of hydrogen-bond donors (Lipinski definition) is 2. The molecule has 0 radical (unpaired) electrons. The highest BCUT2D eigenvalue weighted by atomic mass is 32.1. The second-order valence-corrected chi connectivity index (χ2v) is 6.09. The molecular formula is C16H21N3O2S. The van der Waals surface area contributed by atoms with Crippen molar-refractivity contribution in [3.63, 3.8) is 0 Å². The van der Waals surface area contributed by atoms with E-state index in [9.17, 15) is 4.79 Å². The molecule has 5 nitrogen and oxygen atoms in total. The van der Waals surface area contributed by atoms with E-state index in [1.807, 2.05) is 13.0 Å². The van der Waals surface area contributed by atoms with Gasteiger partial charge in [-0.1, -0.05) is 13.0 Å². The molecule has 0 saturated heterocycles. The highest BCUT2D eigenvalue weighted by Gasteiger charge is 2.11. The second-order valence-electron chi connectivity index (χ2n) is 4.80. The zero-order chi connectivity index (χ0) is 15.9. The maximum Gasteiger partial charge on any atom is 0.251 e. The molecule has 22 heavy (non-hydrogen) atoms. The number of thiazole rings is 1. The predicted octanol–water partition coefficient (Wildman–Crippen LogP) is 2.28. The number of benzene rings is 1. The molecule has 118 valence electrons. The lowest BCUT2D eigenvalue weighted by atomic mass is 10.2. The van der Waals surface area contributed by atoms with Crippen molar-refractivity contribution in [1.29, 1.82) is 0 Å². The van der Waals surface area contributed by atoms with Gasteiger partial charge in [-0.3, -0.25) is 4.79 Å². The molecule has 0 spiro atoms. The van der Waals surface area contributed by atoms with Crippen molar-refractivity contribution in [2.24, 2.45) is 5.73 Å². The zero-order valence-corrected chi connectivity index (χ0v) is 13.7. The molecule has 0 fully saturated rings. The molecule has 0 bridgehead atoms. The number of hydrogen-bond acceptors (Lipinski definition) is 5. The van der Waals surface area contributed by atoms with Crippen LogP contribution in [0.25, 0.3) is 0 Å². The Morgan fingerprint density at radius 2 is 2.27 bits per heavy atom. The first kappa shape index (κ1) is 16.5. The number of carbonyl (C=O) groups is 1. The van der Waals surface area contributed by atoms with E-state index >= 15 is 0 Å². The Kier molecular flexibility index (Phi) is 5.91. The first-order chi connectivity index (χ1) is 10.6. The van der Waals surface area contributed by atoms with Crippen molar-refractivity contribution < 1.29 is 9.53 Å². The lowest BCUT2D eigenvalue weighted by Gasteiger charge is -2.08. The number of amides is 1. The Morgan fingerprint density at radius 1 is 1.45 bits per heavy atom. The minimum Gasteiger partial charge on any atom is -0.492 e. The molecule has 0 aliphatic heterocycles. The predicted molar refractivity (Wildman–Crippen MR) is 88.4 cm³/mol. The summed E-state index contributed by atoms with van der Waals surface area (Å²) in [5.41, 5.74) is 7.04. The van der Waals surface area contributed by atoms with Gasteiger partial charge in [0.25, 0.3) is 5.91 Å². The number of nitrogens with two attached hydrogens (primary N) is 1. The van der Waals surface area contributed by atoms with E-state index in [4.69, 9.17) is 10.5 Å². The largest absolute Gasteiger partial charge is 0.492 e. The number of aryl methyl sites for hydroxylation is 2. The zero-order valence-electron chi connectivity index (χ0n) is 12.9. The van der Waals surface area contributed by atoms with Crippen LogP contribution >= 0.6 is 11.3 Å². The summed E-state index contributed by atoms with van der Waals surface area (Å²) in [6, 6.07) is 7.11. The van der Waals surface area contributed by atoms with Crippen LogP contribution in [0.1, 0.15) is 32.9 Å². The van der Waals surface area contributed by atoms with Gasteiger partial charge in [0, 0.05) is 17.0 Å². The Morgan fingerprint density at radius 3 is 3.00 bits per heavy atom. The van der Waals surface area contributed by atoms with Crippen LogP contribution in [0.15, 0.2) is 24.3 Å². The average molecular weight is 319 g/mol. The van der Waals surface area contributed by atoms with Gasteiger partial charge in [-0.25, -0.2) is 4.98 Å². The van der Waals surface area contributed by atoms with Gasteiger partial charge in [-0.15, -0.1) is 11.3 Å². The summed E-state index contributed by atoms with van der Waals surface area (Å²) in [7, 11) is 0. The lowest BCUT2D eigenvalue weighted by Crippen LogP contribution is -2.23. The number of aromatic nitrogens is 1. The third kappa shape index (κ3) is 4.29. The standard InChI is InChI=1S/C16H21N3O2S/c1-3-14-15(22-11(2)19-14)10-18-16(20)12-5-4-6-13(9-12)21-8-7-17/h4-6,9H,3,7-8,10,17H2,1-2H3,(H,18,20). The fraction of sp³-hybridized carbons (Fsp3) is 0.375. The summed E-state index contributed by atoms with van der Waals surface area (Å²) in [4.78, 5) is 17.8. The van der Waals surface area contributed by atoms with Crippen LogP contribution in [0.4, 0.5) is 0 Å². The molecule has 0 aliphatic rings. The molecule has 1 aromatic carbocycles. The smallest absolute Gasteiger partial charge is 0.251 e. The minimum absolute atomic E-state index is 0.119. The van der Waals surface area contributed by atoms with E-state index in [1.165, 1.54) is 0 Å². The van der Waals surface area contributed by atoms with Crippen LogP contribution in [0.3, 0.4) is 0 Å². The van der Waals surface area contributed by atoms with E-state index in [0.717, 1.165) is 22.0 Å². The fourth-order valence-electron chi connectivity index (χ4n) is 2.09. The highest BCUT2D eigenvalue weighted by molar-refractivity contribution is 7.11. The first-order valence-electron chi connectivity index (χ1n) is 7.30. The van der Waals surface area contributed by atoms with Crippen molar-refractivity contribution in [2.45, 2.75) is 26.8 Å². The van der Waals surface area contributed by atoms with Crippen molar-refractivity contribution in [3.8, 4) is 5.75 Å². The van der Waals surface area contributed by atoms with E-state index in [1.54, 1.807) is 29.5 Å². The summed E-state index contributed by atoms with van der Waals surface area (Å²) >= 11 is 1.63. The van der Waals surface area contributed by atoms with Crippen LogP contribution in [0, 0.1) is 6.92 Å². The summed E-state index contributed by atoms with van der Waals surface area (Å²) in [6.07, 6.45) is 0.873. The van der Waals surface area contributed by atoms with E-state index < -0.39 is 0 Å². The van der Waals surface area contributed by atoms with E-state index in [2.05, 4.69) is 17.2 Å². The quantitative estimate of drug-likeness (QED) is 0.821. The molecule has 0 aliphatic carbocycles. The molecule has 0 saturated carbocycles. The van der Waals surface area contributed by atoms with Gasteiger partial charge in [0.2, 0.25) is 0 Å². The fourth-order valence-corrected chi connectivity index (χ4v) is 3.06. The topological polar surface area (TPSA) is 77.2 Å². The molecular weight excluding hydrogens is 298 g/mol. The number of nitrogens with one attached hydrogen (secondary N) is 1. The lowest BCUT2D eigenvalue weighted by molar-refractivity contribution is 0.0951. The third-order valence-corrected chi connectivity index (χ3v) is 4.13. The normalized spacial score (nSPS) is 10.5. The Hall–Kier alpha value is -1.92. The van der Waals surface area contributed by atoms with Crippen LogP contribution in [-0.4, -0.2) is 24.0 Å². The SMILES string of the molecule is CCc1nc(C)sc1CNC(=O)c1cccc(OCCN)c1. The molecule has 2 rings (SSSR count). The van der Waals surface area contributed by atoms with E-state index in [0.29, 0.717) is 31.0 Å². The number of rotatable bonds is 7. The molecule has 0 unspecified atom stereocenters. The van der Waals surface area contributed by atoms with Gasteiger partial charge < -0.3 is 15.8 Å². The number of ether oxygens (including phenoxy) is 1. The molecule has 1 amide bonds. The summed E-state index contributed by atoms with van der Waals surface area (Å²) in [5, 5.41) is 3.96. The average Bonchev–Trinajstić information content (AvgIpc) is 2.90. The Balaban J connectivity index is 1.99. The monoisotopic (exact) mass is 319 g/mol. The second kappa shape index (κ2) is 7.91. The third-order valence-electron chi connectivity index (χ3n) is 3.11. The van der Waals surface area contributed by atoms with Crippen LogP contribution in [-0.2, 0) is 13.0 Å². The highest BCUT2D eigenvalue weighted by Crippen LogP contribution is 2.19. The van der Waals surface area contributed by atoms with Crippen LogP contribution < -0.4 is 15.8 Å². The van der Waals surface area contributed by atoms with Gasteiger partial charge in [0.1, 0.15) is 12.4 Å². The van der Waals surface area contributed by atoms with Gasteiger partial charge in [0.15, 0.2) is 0 Å². The molecule has 2 aromatic rings. The molecule has 0 atom stereocenters. The van der Waals surface area contributed by atoms with Crippen molar-refractivity contribution in [3.05, 3.63) is 45.4 Å². The van der Waals surface area contributed by atoms with Crippen molar-refractivity contribution >= 4 is 17.2 Å². The Bertz CT molecular complexity index is 640.